The number of nitrogens with zero attached hydrogens (tertiary/aromatic N) is 5. The molecular formula is C72H63N5O+2. The average molecular weight is 1010 g/mol. The molecular weight excluding hydrogens is 951 g/mol. The zero-order valence-electron chi connectivity index (χ0n) is 45.9. The van der Waals surface area contributed by atoms with Crippen LogP contribution in [0.3, 0.4) is 0 Å². The molecule has 1 aliphatic heterocycles. The first-order valence-electron chi connectivity index (χ1n) is 27.2. The molecule has 3 aromatic heterocycles. The third kappa shape index (κ3) is 8.50. The molecule has 0 fully saturated rings. The second kappa shape index (κ2) is 18.3. The van der Waals surface area contributed by atoms with Crippen molar-refractivity contribution in [2.24, 2.45) is 0 Å². The minimum absolute atomic E-state index is 0.0508. The summed E-state index contributed by atoms with van der Waals surface area (Å²) in [5.41, 5.74) is 17.8. The summed E-state index contributed by atoms with van der Waals surface area (Å²) >= 11 is 0. The molecule has 0 saturated carbocycles. The van der Waals surface area contributed by atoms with Gasteiger partial charge in [0, 0.05) is 63.8 Å². The van der Waals surface area contributed by atoms with Crippen molar-refractivity contribution >= 4 is 72.4 Å². The van der Waals surface area contributed by atoms with Crippen LogP contribution in [0.15, 0.2) is 219 Å². The van der Waals surface area contributed by atoms with Gasteiger partial charge in [0.2, 0.25) is 11.4 Å². The van der Waals surface area contributed by atoms with Crippen molar-refractivity contribution in [1.82, 2.24) is 23.3 Å². The maximum absolute atomic E-state index is 6.95. The smallest absolute Gasteiger partial charge is 0.457 e. The second-order valence-electron chi connectivity index (χ2n) is 24.0. The van der Waals surface area contributed by atoms with Gasteiger partial charge in [0.05, 0.1) is 33.7 Å². The van der Waals surface area contributed by atoms with E-state index in [-0.39, 0.29) is 16.2 Å². The van der Waals surface area contributed by atoms with E-state index >= 15 is 0 Å². The first-order chi connectivity index (χ1) is 37.5. The van der Waals surface area contributed by atoms with Gasteiger partial charge in [-0.1, -0.05) is 165 Å². The monoisotopic (exact) mass is 1010 g/mol. The fourth-order valence-corrected chi connectivity index (χ4v) is 11.3. The quantitative estimate of drug-likeness (QED) is 0.142. The highest BCUT2D eigenvalue weighted by Gasteiger charge is 2.41. The summed E-state index contributed by atoms with van der Waals surface area (Å²) in [6, 6.07) is 80.6. The summed E-state index contributed by atoms with van der Waals surface area (Å²) < 4.78 is 16.1. The zero-order valence-corrected chi connectivity index (χ0v) is 45.9. The molecule has 0 saturated heterocycles. The Morgan fingerprint density at radius 3 is 1.74 bits per heavy atom. The first-order valence-corrected chi connectivity index (χ1v) is 27.2. The van der Waals surface area contributed by atoms with E-state index in [4.69, 9.17) is 9.72 Å². The van der Waals surface area contributed by atoms with Gasteiger partial charge in [-0.25, -0.2) is 4.98 Å². The van der Waals surface area contributed by atoms with Crippen LogP contribution in [0.1, 0.15) is 79.0 Å². The molecule has 12 aromatic rings. The van der Waals surface area contributed by atoms with E-state index in [0.29, 0.717) is 0 Å². The lowest BCUT2D eigenvalue weighted by molar-refractivity contribution is 0.483. The van der Waals surface area contributed by atoms with Crippen LogP contribution in [0.5, 0.6) is 11.5 Å². The van der Waals surface area contributed by atoms with Crippen LogP contribution in [0.2, 0.25) is 0 Å². The number of benzene rings is 9. The van der Waals surface area contributed by atoms with Crippen LogP contribution in [0.25, 0.3) is 77.4 Å². The molecule has 0 aliphatic carbocycles. The van der Waals surface area contributed by atoms with E-state index in [1.54, 1.807) is 0 Å². The molecule has 6 heteroatoms. The number of hydrogen-bond acceptors (Lipinski definition) is 2. The first kappa shape index (κ1) is 48.5. The number of rotatable bonds is 8. The Balaban J connectivity index is 0.952. The van der Waals surface area contributed by atoms with Gasteiger partial charge in [-0.05, 0) is 132 Å². The Bertz CT molecular complexity index is 4360. The summed E-state index contributed by atoms with van der Waals surface area (Å²) in [6.45, 7) is 20.5. The van der Waals surface area contributed by atoms with Gasteiger partial charge in [0.1, 0.15) is 17.3 Å². The lowest BCUT2D eigenvalue weighted by atomic mass is 9.80. The fourth-order valence-electron chi connectivity index (χ4n) is 11.3. The highest BCUT2D eigenvalue weighted by Crippen LogP contribution is 2.46. The van der Waals surface area contributed by atoms with Crippen molar-refractivity contribution in [1.29, 1.82) is 0 Å². The van der Waals surface area contributed by atoms with E-state index in [0.717, 1.165) is 78.7 Å². The molecule has 0 bridgehead atoms. The molecule has 13 rings (SSSR count). The predicted molar refractivity (Wildman–Crippen MR) is 327 cm³/mol. The van der Waals surface area contributed by atoms with Gasteiger partial charge in [0.15, 0.2) is 0 Å². The van der Waals surface area contributed by atoms with Crippen molar-refractivity contribution < 1.29 is 4.74 Å². The van der Waals surface area contributed by atoms with Crippen LogP contribution in [0, 0.1) is 0 Å². The number of aromatic nitrogens is 3. The summed E-state index contributed by atoms with van der Waals surface area (Å²) in [4.78, 5) is 4.99. The lowest BCUT2D eigenvalue weighted by Gasteiger charge is -2.24. The SMILES string of the molecule is CC(C)(C)c1cc([N+]2=C=[N+](c3cccc(Oc4ccc5c6cc(-c7ccccc7)ccc6n(-c6cc(C(C)(C)C)ccn6)c5c4)c3)c3cccc(-c4cccc(-n5c6ccccc6c6ccccc65)c4)c32)cc(C(C)(C)C)c1. The van der Waals surface area contributed by atoms with Crippen LogP contribution < -0.4 is 13.9 Å². The Morgan fingerprint density at radius 1 is 0.397 bits per heavy atom. The van der Waals surface area contributed by atoms with E-state index in [1.807, 2.05) is 12.3 Å². The molecule has 78 heavy (non-hydrogen) atoms. The third-order valence-electron chi connectivity index (χ3n) is 15.6. The molecule has 0 spiro atoms. The molecule has 0 amide bonds. The Kier molecular flexibility index (Phi) is 11.4. The maximum Gasteiger partial charge on any atom is 0.503 e. The van der Waals surface area contributed by atoms with Crippen molar-refractivity contribution in [3.63, 3.8) is 0 Å². The summed E-state index contributed by atoms with van der Waals surface area (Å²) in [5.74, 6) is 2.32. The molecule has 9 aromatic carbocycles. The summed E-state index contributed by atoms with van der Waals surface area (Å²) in [6.07, 6.45) is 1.93. The van der Waals surface area contributed by atoms with Gasteiger partial charge >= 0.3 is 11.7 Å². The van der Waals surface area contributed by atoms with Crippen LogP contribution in [-0.4, -0.2) is 20.1 Å². The molecule has 4 heterocycles. The molecule has 0 radical (unpaired) electrons. The van der Waals surface area contributed by atoms with Crippen LogP contribution in [-0.2, 0) is 16.2 Å². The molecule has 0 atom stereocenters. The second-order valence-corrected chi connectivity index (χ2v) is 24.0. The van der Waals surface area contributed by atoms with E-state index in [9.17, 15) is 0 Å². The van der Waals surface area contributed by atoms with Crippen molar-refractivity contribution in [2.75, 3.05) is 0 Å². The molecule has 0 N–H and O–H groups in total. The number of pyridine rings is 1. The number of fused-ring (bicyclic) bond motifs is 7. The summed E-state index contributed by atoms with van der Waals surface area (Å²) in [7, 11) is 0. The average Bonchev–Trinajstić information content (AvgIpc) is 4.34. The van der Waals surface area contributed by atoms with E-state index in [1.165, 1.54) is 49.6 Å². The number of ether oxygens (including phenoxy) is 1. The van der Waals surface area contributed by atoms with Crippen molar-refractivity contribution in [3.8, 4) is 45.3 Å². The van der Waals surface area contributed by atoms with Crippen LogP contribution >= 0.6 is 0 Å². The lowest BCUT2D eigenvalue weighted by Crippen LogP contribution is -2.17. The predicted octanol–water partition coefficient (Wildman–Crippen LogP) is 19.2. The van der Waals surface area contributed by atoms with Crippen molar-refractivity contribution in [2.45, 2.75) is 78.6 Å². The molecule has 380 valence electrons. The summed E-state index contributed by atoms with van der Waals surface area (Å²) in [5, 5.41) is 4.77. The van der Waals surface area contributed by atoms with Crippen LogP contribution in [0.4, 0.5) is 22.7 Å². The molecule has 1 aliphatic rings. The largest absolute Gasteiger partial charge is 0.503 e. The van der Waals surface area contributed by atoms with Gasteiger partial charge in [0.25, 0.3) is 5.69 Å². The third-order valence-corrected chi connectivity index (χ3v) is 15.6. The van der Waals surface area contributed by atoms with Gasteiger partial charge in [-0.3, -0.25) is 4.57 Å². The van der Waals surface area contributed by atoms with Gasteiger partial charge < -0.3 is 9.30 Å². The van der Waals surface area contributed by atoms with Crippen molar-refractivity contribution in [3.05, 3.63) is 235 Å². The topological polar surface area (TPSA) is 38.0 Å². The fraction of sp³-hybridized carbons (Fsp3) is 0.167. The van der Waals surface area contributed by atoms with Gasteiger partial charge in [-0.2, -0.15) is 0 Å². The molecule has 0 unspecified atom stereocenters. The minimum Gasteiger partial charge on any atom is -0.457 e. The zero-order chi connectivity index (χ0) is 53.7. The highest BCUT2D eigenvalue weighted by molar-refractivity contribution is 6.11. The normalized spacial score (nSPS) is 12.9. The Morgan fingerprint density at radius 2 is 1.03 bits per heavy atom. The standard InChI is InChI=1S/C72H63N5O/c1-70(2,3)50-36-37-73-68(43-50)77-65-35-32-48(47-20-11-10-12-21-47)39-62(65)61-34-33-57(45-67(61)77)78-56-25-18-23-53(44-56)74-46-75(55-41-51(71(4,5)6)40-52(42-55)72(7,8)9)69-58(28-19-31-66(69)74)49-22-17-24-54(38-49)76-63-29-15-13-26-59(63)60-27-14-16-30-64(60)76/h10-45H,1-9H3/q+2. The molecule has 6 nitrogen and oxygen atoms in total. The maximum atomic E-state index is 6.95. The minimum atomic E-state index is -0.0878. The number of para-hydroxylation sites is 3. The highest BCUT2D eigenvalue weighted by atomic mass is 16.5. The van der Waals surface area contributed by atoms with Gasteiger partial charge in [-0.15, -0.1) is 0 Å². The number of hydrogen-bond donors (Lipinski definition) is 0. The van der Waals surface area contributed by atoms with E-state index in [2.05, 4.69) is 293 Å². The van der Waals surface area contributed by atoms with E-state index < -0.39 is 0 Å². The Hall–Kier alpha value is -9.09. The Labute approximate surface area is 457 Å².